The molecule has 0 aliphatic carbocycles. The van der Waals surface area contributed by atoms with E-state index in [1.165, 1.54) is 11.0 Å². The van der Waals surface area contributed by atoms with Crippen LogP contribution in [0.15, 0.2) is 24.7 Å². The molecule has 4 rings (SSSR count). The third-order valence-electron chi connectivity index (χ3n) is 4.49. The lowest BCUT2D eigenvalue weighted by atomic mass is 10.2. The summed E-state index contributed by atoms with van der Waals surface area (Å²) in [6, 6.07) is 3.61. The molecule has 0 unspecified atom stereocenters. The number of rotatable bonds is 4. The third-order valence-corrected chi connectivity index (χ3v) is 4.49. The number of carbonyl (C=O) groups excluding carboxylic acids is 1. The highest BCUT2D eigenvalue weighted by Gasteiger charge is 2.24. The van der Waals surface area contributed by atoms with Gasteiger partial charge in [0.25, 0.3) is 0 Å². The van der Waals surface area contributed by atoms with Gasteiger partial charge in [-0.25, -0.2) is 4.68 Å². The molecule has 11 nitrogen and oxygen atoms in total. The molecule has 0 spiro atoms. The number of nitrogens with zero attached hydrogens (tertiary/aromatic N) is 9. The van der Waals surface area contributed by atoms with Gasteiger partial charge in [0.05, 0.1) is 23.6 Å². The second kappa shape index (κ2) is 6.67. The van der Waals surface area contributed by atoms with Crippen LogP contribution >= 0.6 is 0 Å². The number of tetrazole rings is 1. The van der Waals surface area contributed by atoms with Crippen LogP contribution in [0.5, 0.6) is 0 Å². The molecule has 0 saturated heterocycles. The van der Waals surface area contributed by atoms with E-state index < -0.39 is 6.10 Å². The van der Waals surface area contributed by atoms with Crippen LogP contribution in [0.25, 0.3) is 0 Å². The van der Waals surface area contributed by atoms with Crippen molar-refractivity contribution in [1.82, 2.24) is 44.7 Å². The maximum Gasteiger partial charge on any atom is 0.244 e. The van der Waals surface area contributed by atoms with Gasteiger partial charge in [-0.15, -0.1) is 5.10 Å². The van der Waals surface area contributed by atoms with Crippen LogP contribution < -0.4 is 0 Å². The standard InChI is InChI=1S/C15H19N9O2/c1-21-13(3-4-17-21)15(26)12-7-11-8-22(5-2-6-24(11)18-12)14(25)9-23-10-16-19-20-23/h3-4,7,10,15,26H,2,5-6,8-9H2,1H3/t15-/m0/s1. The molecule has 1 amide bonds. The zero-order chi connectivity index (χ0) is 18.1. The fraction of sp³-hybridized carbons (Fsp3) is 0.467. The van der Waals surface area contributed by atoms with Crippen molar-refractivity contribution in [3.63, 3.8) is 0 Å². The smallest absolute Gasteiger partial charge is 0.244 e. The number of carbonyl (C=O) groups is 1. The maximum atomic E-state index is 12.5. The van der Waals surface area contributed by atoms with Gasteiger partial charge in [0.1, 0.15) is 19.0 Å². The highest BCUT2D eigenvalue weighted by atomic mass is 16.3. The molecule has 11 heteroatoms. The molecule has 3 aromatic rings. The summed E-state index contributed by atoms with van der Waals surface area (Å²) < 4.78 is 4.89. The van der Waals surface area contributed by atoms with Crippen molar-refractivity contribution in [3.8, 4) is 0 Å². The number of aromatic nitrogens is 8. The Balaban J connectivity index is 1.52. The summed E-state index contributed by atoms with van der Waals surface area (Å²) in [4.78, 5) is 14.3. The van der Waals surface area contributed by atoms with Crippen LogP contribution in [-0.2, 0) is 31.5 Å². The van der Waals surface area contributed by atoms with Crippen LogP contribution in [0, 0.1) is 0 Å². The van der Waals surface area contributed by atoms with Gasteiger partial charge in [0.15, 0.2) is 0 Å². The van der Waals surface area contributed by atoms with Gasteiger partial charge in [-0.2, -0.15) is 10.2 Å². The molecule has 4 heterocycles. The van der Waals surface area contributed by atoms with E-state index in [-0.39, 0.29) is 12.5 Å². The largest absolute Gasteiger partial charge is 0.380 e. The molecule has 0 radical (unpaired) electrons. The van der Waals surface area contributed by atoms with Gasteiger partial charge >= 0.3 is 0 Å². The first-order valence-electron chi connectivity index (χ1n) is 8.33. The van der Waals surface area contributed by atoms with Gasteiger partial charge in [-0.05, 0) is 29.0 Å². The van der Waals surface area contributed by atoms with Crippen molar-refractivity contribution in [3.05, 3.63) is 41.7 Å². The van der Waals surface area contributed by atoms with Crippen LogP contribution in [0.3, 0.4) is 0 Å². The van der Waals surface area contributed by atoms with Crippen LogP contribution in [-0.4, -0.2) is 62.2 Å². The minimum absolute atomic E-state index is 0.0549. The Hall–Kier alpha value is -3.08. The predicted octanol–water partition coefficient (Wildman–Crippen LogP) is -0.883. The maximum absolute atomic E-state index is 12.5. The Labute approximate surface area is 148 Å². The molecular formula is C15H19N9O2. The summed E-state index contributed by atoms with van der Waals surface area (Å²) in [7, 11) is 1.78. The Kier molecular flexibility index (Phi) is 4.21. The number of amides is 1. The van der Waals surface area contributed by atoms with E-state index in [1.807, 2.05) is 10.7 Å². The highest BCUT2D eigenvalue weighted by molar-refractivity contribution is 5.75. The lowest BCUT2D eigenvalue weighted by Crippen LogP contribution is -2.33. The van der Waals surface area contributed by atoms with Gasteiger partial charge in [0, 0.05) is 26.3 Å². The van der Waals surface area contributed by atoms with Crippen LogP contribution in [0.1, 0.15) is 29.6 Å². The van der Waals surface area contributed by atoms with E-state index in [2.05, 4.69) is 25.7 Å². The Morgan fingerprint density at radius 2 is 2.27 bits per heavy atom. The lowest BCUT2D eigenvalue weighted by molar-refractivity contribution is -0.132. The summed E-state index contributed by atoms with van der Waals surface area (Å²) in [5, 5.41) is 30.0. The first kappa shape index (κ1) is 16.4. The van der Waals surface area contributed by atoms with E-state index in [9.17, 15) is 9.90 Å². The zero-order valence-electron chi connectivity index (χ0n) is 14.3. The Bertz CT molecular complexity index is 898. The van der Waals surface area contributed by atoms with Crippen molar-refractivity contribution in [2.75, 3.05) is 6.54 Å². The third kappa shape index (κ3) is 3.08. The molecule has 136 valence electrons. The summed E-state index contributed by atoms with van der Waals surface area (Å²) in [6.07, 6.45) is 2.99. The monoisotopic (exact) mass is 357 g/mol. The Morgan fingerprint density at radius 1 is 1.38 bits per heavy atom. The van der Waals surface area contributed by atoms with E-state index in [1.54, 1.807) is 28.9 Å². The van der Waals surface area contributed by atoms with E-state index in [0.29, 0.717) is 31.0 Å². The molecule has 26 heavy (non-hydrogen) atoms. The fourth-order valence-corrected chi connectivity index (χ4v) is 3.13. The first-order chi connectivity index (χ1) is 12.6. The fourth-order valence-electron chi connectivity index (χ4n) is 3.13. The number of fused-ring (bicyclic) bond motifs is 1. The second-order valence-electron chi connectivity index (χ2n) is 6.24. The van der Waals surface area contributed by atoms with Crippen molar-refractivity contribution in [2.45, 2.75) is 32.2 Å². The zero-order valence-corrected chi connectivity index (χ0v) is 14.3. The number of hydrogen-bond acceptors (Lipinski definition) is 7. The summed E-state index contributed by atoms with van der Waals surface area (Å²) >= 11 is 0. The van der Waals surface area contributed by atoms with Crippen molar-refractivity contribution < 1.29 is 9.90 Å². The summed E-state index contributed by atoms with van der Waals surface area (Å²) in [5.74, 6) is -0.0549. The highest BCUT2D eigenvalue weighted by Crippen LogP contribution is 2.23. The molecule has 0 aromatic carbocycles. The minimum atomic E-state index is -0.854. The van der Waals surface area contributed by atoms with Gasteiger partial charge in [-0.3, -0.25) is 14.2 Å². The summed E-state index contributed by atoms with van der Waals surface area (Å²) in [5.41, 5.74) is 2.12. The molecule has 0 fully saturated rings. The molecule has 1 N–H and O–H groups in total. The molecule has 1 aliphatic heterocycles. The van der Waals surface area contributed by atoms with Gasteiger partial charge in [0.2, 0.25) is 5.91 Å². The molecule has 1 atom stereocenters. The van der Waals surface area contributed by atoms with Gasteiger partial charge < -0.3 is 10.0 Å². The van der Waals surface area contributed by atoms with Crippen LogP contribution in [0.2, 0.25) is 0 Å². The molecule has 1 aliphatic rings. The van der Waals surface area contributed by atoms with E-state index in [0.717, 1.165) is 12.1 Å². The lowest BCUT2D eigenvalue weighted by Gasteiger charge is -2.19. The molecular weight excluding hydrogens is 338 g/mol. The van der Waals surface area contributed by atoms with Crippen molar-refractivity contribution in [2.24, 2.45) is 7.05 Å². The average molecular weight is 357 g/mol. The average Bonchev–Trinajstić information content (AvgIpc) is 3.34. The second-order valence-corrected chi connectivity index (χ2v) is 6.24. The number of aryl methyl sites for hydroxylation is 2. The van der Waals surface area contributed by atoms with Gasteiger partial charge in [-0.1, -0.05) is 0 Å². The molecule has 3 aromatic heterocycles. The number of aliphatic hydroxyl groups excluding tert-OH is 1. The molecule has 0 saturated carbocycles. The molecule has 0 bridgehead atoms. The summed E-state index contributed by atoms with van der Waals surface area (Å²) in [6.45, 7) is 1.88. The SMILES string of the molecule is Cn1nccc1[C@@H](O)c1cc2n(n1)CCCN(C(=O)Cn1cnnn1)C2. The van der Waals surface area contributed by atoms with E-state index in [4.69, 9.17) is 0 Å². The quantitative estimate of drug-likeness (QED) is 0.643. The first-order valence-corrected chi connectivity index (χ1v) is 8.33. The predicted molar refractivity (Wildman–Crippen MR) is 87.3 cm³/mol. The topological polar surface area (TPSA) is 120 Å². The Morgan fingerprint density at radius 3 is 3.00 bits per heavy atom. The van der Waals surface area contributed by atoms with Crippen LogP contribution in [0.4, 0.5) is 0 Å². The normalized spacial score (nSPS) is 15.5. The van der Waals surface area contributed by atoms with Crippen molar-refractivity contribution in [1.29, 1.82) is 0 Å². The minimum Gasteiger partial charge on any atom is -0.380 e. The number of aliphatic hydroxyl groups is 1. The van der Waals surface area contributed by atoms with Crippen molar-refractivity contribution >= 4 is 5.91 Å². The number of hydrogen-bond donors (Lipinski definition) is 1. The van der Waals surface area contributed by atoms with E-state index >= 15 is 0 Å².